The monoisotopic (exact) mass is 281 g/mol. The largest absolute Gasteiger partial charge is 0.432 e. The summed E-state index contributed by atoms with van der Waals surface area (Å²) in [5, 5.41) is 13.1. The Bertz CT molecular complexity index is 653. The fraction of sp³-hybridized carbons (Fsp3) is 0.0909. The van der Waals surface area contributed by atoms with Crippen LogP contribution in [-0.2, 0) is 0 Å². The van der Waals surface area contributed by atoms with E-state index < -0.39 is 16.5 Å². The van der Waals surface area contributed by atoms with E-state index in [0.29, 0.717) is 5.69 Å². The van der Waals surface area contributed by atoms with Crippen molar-refractivity contribution in [3.8, 4) is 0 Å². The van der Waals surface area contributed by atoms with E-state index in [4.69, 9.17) is 16.0 Å². The molecule has 0 aliphatic heterocycles. The van der Waals surface area contributed by atoms with E-state index in [-0.39, 0.29) is 16.6 Å². The summed E-state index contributed by atoms with van der Waals surface area (Å²) in [6.07, 6.45) is 1.35. The molecule has 1 aromatic carbocycles. The zero-order valence-corrected chi connectivity index (χ0v) is 10.5. The predicted molar refractivity (Wildman–Crippen MR) is 67.3 cm³/mol. The number of anilines is 1. The van der Waals surface area contributed by atoms with Crippen LogP contribution in [0, 0.1) is 17.0 Å². The Labute approximate surface area is 112 Å². The van der Waals surface area contributed by atoms with E-state index in [1.165, 1.54) is 24.5 Å². The summed E-state index contributed by atoms with van der Waals surface area (Å²) in [5.74, 6) is -0.712. The maximum absolute atomic E-state index is 11.9. The third kappa shape index (κ3) is 2.71. The number of nitrogens with one attached hydrogen (secondary N) is 1. The maximum atomic E-state index is 11.9. The topological polar surface area (TPSA) is 98.3 Å². The highest BCUT2D eigenvalue weighted by atomic mass is 35.5. The molecule has 0 unspecified atom stereocenters. The number of rotatable bonds is 3. The smallest absolute Gasteiger partial charge is 0.301 e. The minimum Gasteiger partial charge on any atom is -0.432 e. The Kier molecular flexibility index (Phi) is 3.48. The average Bonchev–Trinajstić information content (AvgIpc) is 2.73. The number of carbonyl (C=O) groups excluding carboxylic acids is 1. The minimum absolute atomic E-state index is 0.0308. The van der Waals surface area contributed by atoms with Gasteiger partial charge in [-0.15, -0.1) is 0 Å². The molecule has 19 heavy (non-hydrogen) atoms. The molecule has 2 aromatic rings. The number of carbonyl (C=O) groups is 1. The Morgan fingerprint density at radius 1 is 1.53 bits per heavy atom. The Hall–Kier alpha value is -2.41. The third-order valence-electron chi connectivity index (χ3n) is 2.25. The summed E-state index contributed by atoms with van der Waals surface area (Å²) >= 11 is 5.71. The Morgan fingerprint density at radius 2 is 2.26 bits per heavy atom. The number of aromatic nitrogens is 1. The van der Waals surface area contributed by atoms with Crippen LogP contribution in [0.1, 0.15) is 16.1 Å². The molecule has 1 heterocycles. The van der Waals surface area contributed by atoms with Crippen molar-refractivity contribution in [2.45, 2.75) is 6.92 Å². The Balaban J connectivity index is 2.34. The van der Waals surface area contributed by atoms with Crippen LogP contribution in [-0.4, -0.2) is 15.8 Å². The number of oxazole rings is 1. The predicted octanol–water partition coefficient (Wildman–Crippen LogP) is 2.80. The second-order valence-electron chi connectivity index (χ2n) is 3.64. The van der Waals surface area contributed by atoms with E-state index in [2.05, 4.69) is 10.3 Å². The molecule has 0 aliphatic carbocycles. The summed E-state index contributed by atoms with van der Waals surface area (Å²) in [6, 6.07) is 4.06. The van der Waals surface area contributed by atoms with Gasteiger partial charge in [0.25, 0.3) is 5.91 Å². The zero-order chi connectivity index (χ0) is 14.0. The second kappa shape index (κ2) is 5.07. The number of nitro benzene ring substituents is 1. The summed E-state index contributed by atoms with van der Waals surface area (Å²) < 4.78 is 4.94. The molecule has 0 bridgehead atoms. The van der Waals surface area contributed by atoms with E-state index in [0.717, 1.165) is 0 Å². The fourth-order valence-electron chi connectivity index (χ4n) is 1.46. The summed E-state index contributed by atoms with van der Waals surface area (Å²) in [5.41, 5.74) is -0.0332. The van der Waals surface area contributed by atoms with Gasteiger partial charge in [-0.1, -0.05) is 17.7 Å². The molecule has 98 valence electrons. The highest BCUT2D eigenvalue weighted by Crippen LogP contribution is 2.28. The lowest BCUT2D eigenvalue weighted by Gasteiger charge is -2.03. The third-order valence-corrected chi connectivity index (χ3v) is 2.56. The summed E-state index contributed by atoms with van der Waals surface area (Å²) in [7, 11) is 0. The molecule has 1 amide bonds. The van der Waals surface area contributed by atoms with Crippen LogP contribution in [0.4, 0.5) is 11.7 Å². The van der Waals surface area contributed by atoms with E-state index >= 15 is 0 Å². The van der Waals surface area contributed by atoms with E-state index in [1.807, 2.05) is 0 Å². The van der Waals surface area contributed by atoms with Gasteiger partial charge < -0.3 is 4.42 Å². The van der Waals surface area contributed by atoms with Crippen LogP contribution in [0.3, 0.4) is 0 Å². The quantitative estimate of drug-likeness (QED) is 0.689. The van der Waals surface area contributed by atoms with Crippen molar-refractivity contribution in [3.63, 3.8) is 0 Å². The summed E-state index contributed by atoms with van der Waals surface area (Å²) in [6.45, 7) is 1.68. The van der Waals surface area contributed by atoms with Crippen LogP contribution in [0.2, 0.25) is 5.02 Å². The molecule has 8 heteroatoms. The maximum Gasteiger partial charge on any atom is 0.301 e. The van der Waals surface area contributed by atoms with Gasteiger partial charge in [0.1, 0.15) is 16.8 Å². The first-order valence-corrected chi connectivity index (χ1v) is 5.53. The first kappa shape index (κ1) is 13.0. The molecule has 0 radical (unpaired) electrons. The summed E-state index contributed by atoms with van der Waals surface area (Å²) in [4.78, 5) is 26.0. The lowest BCUT2D eigenvalue weighted by atomic mass is 10.1. The lowest BCUT2D eigenvalue weighted by molar-refractivity contribution is -0.385. The van der Waals surface area contributed by atoms with Crippen LogP contribution in [0.25, 0.3) is 0 Å². The number of para-hydroxylation sites is 1. The van der Waals surface area contributed by atoms with Gasteiger partial charge in [-0.25, -0.2) is 0 Å². The normalized spacial score (nSPS) is 10.2. The number of amides is 1. The minimum atomic E-state index is -0.712. The molecule has 0 aliphatic rings. The van der Waals surface area contributed by atoms with Crippen molar-refractivity contribution in [2.75, 3.05) is 5.32 Å². The first-order chi connectivity index (χ1) is 8.99. The van der Waals surface area contributed by atoms with Crippen molar-refractivity contribution >= 4 is 29.2 Å². The van der Waals surface area contributed by atoms with Crippen molar-refractivity contribution in [3.05, 3.63) is 50.9 Å². The van der Waals surface area contributed by atoms with Crippen molar-refractivity contribution < 1.29 is 14.1 Å². The molecule has 1 aromatic heterocycles. The van der Waals surface area contributed by atoms with Crippen LogP contribution >= 0.6 is 11.6 Å². The second-order valence-corrected chi connectivity index (χ2v) is 4.05. The molecule has 0 fully saturated rings. The molecular weight excluding hydrogens is 274 g/mol. The SMILES string of the molecule is Cc1coc(NC(=O)c2cccc(Cl)c2[N+](=O)[O-])n1. The molecule has 0 atom stereocenters. The van der Waals surface area contributed by atoms with Gasteiger partial charge in [-0.3, -0.25) is 20.2 Å². The highest BCUT2D eigenvalue weighted by molar-refractivity contribution is 6.33. The van der Waals surface area contributed by atoms with Gasteiger partial charge in [-0.2, -0.15) is 4.98 Å². The van der Waals surface area contributed by atoms with E-state index in [1.54, 1.807) is 6.92 Å². The van der Waals surface area contributed by atoms with Gasteiger partial charge in [-0.05, 0) is 19.1 Å². The van der Waals surface area contributed by atoms with Crippen molar-refractivity contribution in [1.29, 1.82) is 0 Å². The zero-order valence-electron chi connectivity index (χ0n) is 9.71. The van der Waals surface area contributed by atoms with Gasteiger partial charge in [0.05, 0.1) is 10.6 Å². The average molecular weight is 282 g/mol. The number of halogens is 1. The van der Waals surface area contributed by atoms with Crippen LogP contribution in [0.15, 0.2) is 28.9 Å². The fourth-order valence-corrected chi connectivity index (χ4v) is 1.70. The van der Waals surface area contributed by atoms with Crippen LogP contribution < -0.4 is 5.32 Å². The first-order valence-electron chi connectivity index (χ1n) is 5.15. The molecule has 1 N–H and O–H groups in total. The number of nitrogens with zero attached hydrogens (tertiary/aromatic N) is 2. The number of hydrogen-bond donors (Lipinski definition) is 1. The van der Waals surface area contributed by atoms with Crippen LogP contribution in [0.5, 0.6) is 0 Å². The molecule has 2 rings (SSSR count). The molecule has 0 saturated carbocycles. The molecule has 0 saturated heterocycles. The number of hydrogen-bond acceptors (Lipinski definition) is 5. The van der Waals surface area contributed by atoms with Gasteiger partial charge in [0.15, 0.2) is 0 Å². The molecule has 0 spiro atoms. The standard InChI is InChI=1S/C11H8ClN3O4/c1-6-5-19-11(13-6)14-10(16)7-3-2-4-8(12)9(7)15(17)18/h2-5H,1H3,(H,13,14,16). The van der Waals surface area contributed by atoms with Gasteiger partial charge in [0, 0.05) is 0 Å². The molecule has 7 nitrogen and oxygen atoms in total. The number of aryl methyl sites for hydroxylation is 1. The lowest BCUT2D eigenvalue weighted by Crippen LogP contribution is -2.14. The Morgan fingerprint density at radius 3 is 2.84 bits per heavy atom. The van der Waals surface area contributed by atoms with Gasteiger partial charge >= 0.3 is 11.7 Å². The van der Waals surface area contributed by atoms with E-state index in [9.17, 15) is 14.9 Å². The van der Waals surface area contributed by atoms with Crippen molar-refractivity contribution in [1.82, 2.24) is 4.98 Å². The van der Waals surface area contributed by atoms with Gasteiger partial charge in [0.2, 0.25) is 0 Å². The molecular formula is C11H8ClN3O4. The number of nitro groups is 1. The highest BCUT2D eigenvalue weighted by Gasteiger charge is 2.24. The number of benzene rings is 1. The van der Waals surface area contributed by atoms with Crippen molar-refractivity contribution in [2.24, 2.45) is 0 Å².